The summed E-state index contributed by atoms with van der Waals surface area (Å²) < 4.78 is 48.0. The number of nitrogens with zero attached hydrogens (tertiary/aromatic N) is 4. The first-order valence-electron chi connectivity index (χ1n) is 10.9. The van der Waals surface area contributed by atoms with Crippen molar-refractivity contribution in [2.75, 3.05) is 30.9 Å². The smallest absolute Gasteiger partial charge is 0.205 e. The van der Waals surface area contributed by atoms with Crippen LogP contribution in [0.1, 0.15) is 38.4 Å². The quantitative estimate of drug-likeness (QED) is 0.480. The van der Waals surface area contributed by atoms with Crippen molar-refractivity contribution >= 4 is 26.5 Å². The van der Waals surface area contributed by atoms with Gasteiger partial charge in [0.2, 0.25) is 5.13 Å². The van der Waals surface area contributed by atoms with Crippen LogP contribution >= 0.6 is 11.5 Å². The molecule has 0 spiro atoms. The lowest BCUT2D eigenvalue weighted by atomic mass is 9.98. The van der Waals surface area contributed by atoms with E-state index in [1.54, 1.807) is 18.3 Å². The monoisotopic (exact) mass is 490 g/mol. The van der Waals surface area contributed by atoms with Crippen molar-refractivity contribution in [3.63, 3.8) is 0 Å². The van der Waals surface area contributed by atoms with E-state index < -0.39 is 15.7 Å². The molecule has 2 aromatic heterocycles. The normalized spacial score (nSPS) is 15.2. The molecule has 1 fully saturated rings. The minimum absolute atomic E-state index is 0.0544. The van der Waals surface area contributed by atoms with Crippen LogP contribution in [0.25, 0.3) is 11.3 Å². The van der Waals surface area contributed by atoms with E-state index in [4.69, 9.17) is 4.74 Å². The molecular formula is C23H27FN4O3S2. The maximum atomic E-state index is 14.4. The van der Waals surface area contributed by atoms with E-state index in [1.807, 2.05) is 0 Å². The van der Waals surface area contributed by atoms with Gasteiger partial charge >= 0.3 is 0 Å². The Morgan fingerprint density at radius 2 is 1.97 bits per heavy atom. The highest BCUT2D eigenvalue weighted by molar-refractivity contribution is 7.90. The van der Waals surface area contributed by atoms with Gasteiger partial charge < -0.3 is 9.64 Å². The molecule has 0 aliphatic carbocycles. The molecule has 3 heterocycles. The number of aromatic nitrogens is 3. The second-order valence-electron chi connectivity index (χ2n) is 8.62. The lowest BCUT2D eigenvalue weighted by molar-refractivity contribution is 0.222. The summed E-state index contributed by atoms with van der Waals surface area (Å²) in [6, 6.07) is 7.28. The largest absolute Gasteiger partial charge is 0.492 e. The van der Waals surface area contributed by atoms with Crippen molar-refractivity contribution in [3.05, 3.63) is 48.2 Å². The predicted octanol–water partition coefficient (Wildman–Crippen LogP) is 4.56. The maximum Gasteiger partial charge on any atom is 0.205 e. The average Bonchev–Trinajstić information content (AvgIpc) is 3.29. The second kappa shape index (κ2) is 9.72. The summed E-state index contributed by atoms with van der Waals surface area (Å²) in [4.78, 5) is 11.2. The van der Waals surface area contributed by atoms with Gasteiger partial charge in [-0.2, -0.15) is 4.37 Å². The standard InChI is InChI=1S/C23H27FN4O3S2/c1-15(2)22-26-23(32-27-22)28-10-8-16(9-11-28)14-31-17-4-7-21(25-13-17)19-6-5-18(12-20(19)24)33(3,29)30/h4-7,12-13,15-16H,8-11,14H2,1-3H3. The fraction of sp³-hybridized carbons (Fsp3) is 0.435. The van der Waals surface area contributed by atoms with Crippen molar-refractivity contribution in [2.24, 2.45) is 5.92 Å². The molecule has 1 saturated heterocycles. The van der Waals surface area contributed by atoms with E-state index in [-0.39, 0.29) is 10.5 Å². The van der Waals surface area contributed by atoms with Crippen molar-refractivity contribution in [2.45, 2.75) is 37.5 Å². The Labute approximate surface area is 197 Å². The summed E-state index contributed by atoms with van der Waals surface area (Å²) in [5.74, 6) is 1.69. The number of halogens is 1. The van der Waals surface area contributed by atoms with Gasteiger partial charge in [0, 0.05) is 42.4 Å². The molecule has 1 aromatic carbocycles. The number of anilines is 1. The number of hydrogen-bond acceptors (Lipinski definition) is 8. The predicted molar refractivity (Wildman–Crippen MR) is 127 cm³/mol. The highest BCUT2D eigenvalue weighted by Gasteiger charge is 2.23. The highest BCUT2D eigenvalue weighted by Crippen LogP contribution is 2.28. The van der Waals surface area contributed by atoms with E-state index in [1.165, 1.54) is 23.7 Å². The van der Waals surface area contributed by atoms with Crippen molar-refractivity contribution in [1.29, 1.82) is 0 Å². The molecule has 0 bridgehead atoms. The van der Waals surface area contributed by atoms with Crippen LogP contribution in [0, 0.1) is 11.7 Å². The number of rotatable bonds is 7. The van der Waals surface area contributed by atoms with Crippen LogP contribution < -0.4 is 9.64 Å². The van der Waals surface area contributed by atoms with Gasteiger partial charge in [-0.05, 0) is 49.1 Å². The van der Waals surface area contributed by atoms with Crippen LogP contribution in [0.4, 0.5) is 9.52 Å². The van der Waals surface area contributed by atoms with Gasteiger partial charge in [-0.25, -0.2) is 17.8 Å². The van der Waals surface area contributed by atoms with Gasteiger partial charge in [-0.3, -0.25) is 4.98 Å². The molecule has 0 unspecified atom stereocenters. The summed E-state index contributed by atoms with van der Waals surface area (Å²) in [5.41, 5.74) is 0.671. The molecule has 176 valence electrons. The second-order valence-corrected chi connectivity index (χ2v) is 11.4. The fourth-order valence-corrected chi connectivity index (χ4v) is 5.15. The van der Waals surface area contributed by atoms with Crippen LogP contribution in [-0.2, 0) is 9.84 Å². The van der Waals surface area contributed by atoms with Crippen LogP contribution in [0.2, 0.25) is 0 Å². The summed E-state index contributed by atoms with van der Waals surface area (Å²) in [6.07, 6.45) is 4.65. The van der Waals surface area contributed by atoms with Gasteiger partial charge in [0.25, 0.3) is 0 Å². The fourth-order valence-electron chi connectivity index (χ4n) is 3.65. The zero-order valence-corrected chi connectivity index (χ0v) is 20.5. The van der Waals surface area contributed by atoms with Crippen molar-refractivity contribution < 1.29 is 17.5 Å². The number of piperidine rings is 1. The molecule has 3 aromatic rings. The first-order chi connectivity index (χ1) is 15.7. The maximum absolute atomic E-state index is 14.4. The van der Waals surface area contributed by atoms with Crippen LogP contribution in [-0.4, -0.2) is 48.7 Å². The Hall–Kier alpha value is -2.59. The number of ether oxygens (including phenoxy) is 1. The summed E-state index contributed by atoms with van der Waals surface area (Å²) >= 11 is 1.47. The van der Waals surface area contributed by atoms with E-state index in [0.717, 1.165) is 49.2 Å². The third kappa shape index (κ3) is 5.67. The highest BCUT2D eigenvalue weighted by atomic mass is 32.2. The zero-order chi connectivity index (χ0) is 23.6. The molecule has 4 rings (SSSR count). The van der Waals surface area contributed by atoms with Crippen LogP contribution in [0.15, 0.2) is 41.4 Å². The summed E-state index contributed by atoms with van der Waals surface area (Å²) in [6.45, 7) is 6.66. The Morgan fingerprint density at radius 3 is 2.55 bits per heavy atom. The summed E-state index contributed by atoms with van der Waals surface area (Å²) in [5, 5.41) is 0.995. The number of benzene rings is 1. The number of pyridine rings is 1. The van der Waals surface area contributed by atoms with Crippen LogP contribution in [0.5, 0.6) is 5.75 Å². The first kappa shape index (κ1) is 23.6. The van der Waals surface area contributed by atoms with Crippen molar-refractivity contribution in [1.82, 2.24) is 14.3 Å². The van der Waals surface area contributed by atoms with E-state index in [0.29, 0.717) is 29.9 Å². The van der Waals surface area contributed by atoms with Gasteiger partial charge in [0.1, 0.15) is 17.4 Å². The number of sulfone groups is 1. The Kier molecular flexibility index (Phi) is 6.94. The SMILES string of the molecule is CC(C)c1nsc(N2CCC(COc3ccc(-c4ccc(S(C)(=O)=O)cc4F)nc3)CC2)n1. The Morgan fingerprint density at radius 1 is 1.21 bits per heavy atom. The molecule has 0 radical (unpaired) electrons. The Balaban J connectivity index is 1.30. The molecule has 0 saturated carbocycles. The van der Waals surface area contributed by atoms with E-state index >= 15 is 0 Å². The third-order valence-corrected chi connectivity index (χ3v) is 7.60. The third-order valence-electron chi connectivity index (χ3n) is 5.70. The van der Waals surface area contributed by atoms with Gasteiger partial charge in [0.05, 0.1) is 23.4 Å². The van der Waals surface area contributed by atoms with E-state index in [9.17, 15) is 12.8 Å². The molecule has 0 N–H and O–H groups in total. The lowest BCUT2D eigenvalue weighted by Gasteiger charge is -2.31. The lowest BCUT2D eigenvalue weighted by Crippen LogP contribution is -2.35. The Bertz CT molecular complexity index is 1200. The zero-order valence-electron chi connectivity index (χ0n) is 18.9. The molecule has 7 nitrogen and oxygen atoms in total. The molecular weight excluding hydrogens is 463 g/mol. The minimum Gasteiger partial charge on any atom is -0.492 e. The molecule has 1 aliphatic heterocycles. The molecule has 10 heteroatoms. The average molecular weight is 491 g/mol. The van der Waals surface area contributed by atoms with Crippen molar-refractivity contribution in [3.8, 4) is 17.0 Å². The van der Waals surface area contributed by atoms with Gasteiger partial charge in [0.15, 0.2) is 9.84 Å². The number of hydrogen-bond donors (Lipinski definition) is 0. The van der Waals surface area contributed by atoms with Gasteiger partial charge in [-0.15, -0.1) is 0 Å². The van der Waals surface area contributed by atoms with E-state index in [2.05, 4.69) is 33.1 Å². The molecule has 33 heavy (non-hydrogen) atoms. The van der Waals surface area contributed by atoms with Gasteiger partial charge in [-0.1, -0.05) is 13.8 Å². The molecule has 1 aliphatic rings. The summed E-state index contributed by atoms with van der Waals surface area (Å²) in [7, 11) is -3.46. The molecule has 0 amide bonds. The topological polar surface area (TPSA) is 85.3 Å². The molecule has 0 atom stereocenters. The minimum atomic E-state index is -3.46. The van der Waals surface area contributed by atoms with Crippen LogP contribution in [0.3, 0.4) is 0 Å². The first-order valence-corrected chi connectivity index (χ1v) is 13.5.